The first-order valence-corrected chi connectivity index (χ1v) is 3.08. The molecule has 2 heteroatoms. The Hall–Kier alpha value is -0.530. The maximum atomic E-state index is 4.07. The quantitative estimate of drug-likeness (QED) is 0.399. The smallest absolute Gasteiger partial charge is 0.0331 e. The maximum absolute atomic E-state index is 4.07. The molecule has 0 aliphatic heterocycles. The van der Waals surface area contributed by atoms with Crippen molar-refractivity contribution >= 4 is 6.21 Å². The Kier molecular flexibility index (Phi) is 4.32. The van der Waals surface area contributed by atoms with Gasteiger partial charge in [0.25, 0.3) is 0 Å². The Bertz CT molecular complexity index is 64.9. The fraction of sp³-hybridized carbons (Fsp3) is 0.833. The highest BCUT2D eigenvalue weighted by Crippen LogP contribution is 1.83. The third-order valence-electron chi connectivity index (χ3n) is 1.01. The van der Waals surface area contributed by atoms with Crippen LogP contribution in [0.1, 0.15) is 20.8 Å². The predicted molar refractivity (Wildman–Crippen MR) is 37.1 cm³/mol. The summed E-state index contributed by atoms with van der Waals surface area (Å²) in [5.41, 5.74) is 0. The first-order valence-electron chi connectivity index (χ1n) is 3.08. The summed E-state index contributed by atoms with van der Waals surface area (Å²) in [5.74, 6) is 0. The van der Waals surface area contributed by atoms with Crippen LogP contribution in [0.4, 0.5) is 0 Å². The van der Waals surface area contributed by atoms with E-state index in [1.54, 1.807) is 0 Å². The van der Waals surface area contributed by atoms with E-state index in [1.165, 1.54) is 0 Å². The third-order valence-corrected chi connectivity index (χ3v) is 1.01. The summed E-state index contributed by atoms with van der Waals surface area (Å²) >= 11 is 0. The van der Waals surface area contributed by atoms with E-state index in [2.05, 4.69) is 18.9 Å². The summed E-state index contributed by atoms with van der Waals surface area (Å²) in [6.45, 7) is 8.12. The van der Waals surface area contributed by atoms with Crippen LogP contribution in [-0.4, -0.2) is 24.3 Å². The average Bonchev–Trinajstić information content (AvgIpc) is 1.83. The third kappa shape index (κ3) is 2.61. The Labute approximate surface area is 51.2 Å². The molecular weight excluding hydrogens is 100 g/mol. The summed E-state index contributed by atoms with van der Waals surface area (Å²) in [6, 6.07) is 0. The SMILES string of the molecule is CC=NN(CC)CC. The normalized spacial score (nSPS) is 10.4. The Balaban J connectivity index is 3.36. The van der Waals surface area contributed by atoms with Crippen molar-refractivity contribution in [3.63, 3.8) is 0 Å². The van der Waals surface area contributed by atoms with Gasteiger partial charge in [0, 0.05) is 19.3 Å². The lowest BCUT2D eigenvalue weighted by Gasteiger charge is -2.11. The number of hydrogen-bond donors (Lipinski definition) is 0. The van der Waals surface area contributed by atoms with Gasteiger partial charge in [-0.3, -0.25) is 5.01 Å². The minimum Gasteiger partial charge on any atom is -0.298 e. The molecule has 0 saturated carbocycles. The van der Waals surface area contributed by atoms with Crippen molar-refractivity contribution < 1.29 is 0 Å². The highest BCUT2D eigenvalue weighted by atomic mass is 15.4. The Morgan fingerprint density at radius 3 is 2.00 bits per heavy atom. The molecule has 0 aromatic heterocycles. The van der Waals surface area contributed by atoms with Crippen molar-refractivity contribution in [1.29, 1.82) is 0 Å². The van der Waals surface area contributed by atoms with Gasteiger partial charge >= 0.3 is 0 Å². The van der Waals surface area contributed by atoms with Crippen molar-refractivity contribution in [2.24, 2.45) is 5.10 Å². The summed E-state index contributed by atoms with van der Waals surface area (Å²) in [7, 11) is 0. The van der Waals surface area contributed by atoms with Gasteiger partial charge in [0.05, 0.1) is 0 Å². The van der Waals surface area contributed by atoms with E-state index in [-0.39, 0.29) is 0 Å². The molecule has 0 saturated heterocycles. The van der Waals surface area contributed by atoms with E-state index < -0.39 is 0 Å². The maximum Gasteiger partial charge on any atom is 0.0331 e. The van der Waals surface area contributed by atoms with E-state index in [1.807, 2.05) is 18.1 Å². The lowest BCUT2D eigenvalue weighted by atomic mass is 10.6. The fourth-order valence-electron chi connectivity index (χ4n) is 0.550. The van der Waals surface area contributed by atoms with Gasteiger partial charge < -0.3 is 0 Å². The van der Waals surface area contributed by atoms with Gasteiger partial charge in [-0.2, -0.15) is 5.10 Å². The molecule has 0 heterocycles. The molecule has 0 aliphatic rings. The second kappa shape index (κ2) is 4.62. The van der Waals surface area contributed by atoms with Crippen molar-refractivity contribution in [3.05, 3.63) is 0 Å². The van der Waals surface area contributed by atoms with Crippen LogP contribution < -0.4 is 0 Å². The lowest BCUT2D eigenvalue weighted by Crippen LogP contribution is -2.15. The molecule has 0 radical (unpaired) electrons. The van der Waals surface area contributed by atoms with E-state index in [9.17, 15) is 0 Å². The summed E-state index contributed by atoms with van der Waals surface area (Å²) in [4.78, 5) is 0. The van der Waals surface area contributed by atoms with Crippen LogP contribution in [0.3, 0.4) is 0 Å². The van der Waals surface area contributed by atoms with Gasteiger partial charge in [0.15, 0.2) is 0 Å². The van der Waals surface area contributed by atoms with Gasteiger partial charge in [0.1, 0.15) is 0 Å². The monoisotopic (exact) mass is 114 g/mol. The van der Waals surface area contributed by atoms with Crippen LogP contribution in [0.5, 0.6) is 0 Å². The van der Waals surface area contributed by atoms with E-state index >= 15 is 0 Å². The van der Waals surface area contributed by atoms with Crippen LogP contribution in [0.2, 0.25) is 0 Å². The zero-order valence-electron chi connectivity index (χ0n) is 5.89. The highest BCUT2D eigenvalue weighted by Gasteiger charge is 1.86. The molecule has 0 aliphatic carbocycles. The largest absolute Gasteiger partial charge is 0.298 e. The molecule has 8 heavy (non-hydrogen) atoms. The minimum atomic E-state index is 1.00. The second-order valence-electron chi connectivity index (χ2n) is 1.51. The molecule has 0 bridgehead atoms. The molecule has 2 nitrogen and oxygen atoms in total. The summed E-state index contributed by atoms with van der Waals surface area (Å²) in [6.07, 6.45) is 1.81. The van der Waals surface area contributed by atoms with Crippen molar-refractivity contribution in [2.75, 3.05) is 13.1 Å². The topological polar surface area (TPSA) is 15.6 Å². The molecule has 48 valence electrons. The number of hydrogen-bond acceptors (Lipinski definition) is 2. The second-order valence-corrected chi connectivity index (χ2v) is 1.51. The molecule has 0 aromatic rings. The summed E-state index contributed by atoms with van der Waals surface area (Å²) in [5, 5.41) is 6.07. The molecule has 0 amide bonds. The predicted octanol–water partition coefficient (Wildman–Crippen LogP) is 1.33. The standard InChI is InChI=1S/C6H14N2/c1-4-7-8(5-2)6-3/h4H,5-6H2,1-3H3. The fourth-order valence-corrected chi connectivity index (χ4v) is 0.550. The van der Waals surface area contributed by atoms with Crippen LogP contribution in [0, 0.1) is 0 Å². The van der Waals surface area contributed by atoms with Gasteiger partial charge in [-0.1, -0.05) is 0 Å². The molecule has 0 fully saturated rings. The van der Waals surface area contributed by atoms with Crippen LogP contribution in [0.15, 0.2) is 5.10 Å². The molecule has 0 rings (SSSR count). The van der Waals surface area contributed by atoms with Crippen LogP contribution >= 0.6 is 0 Å². The molecule has 0 unspecified atom stereocenters. The van der Waals surface area contributed by atoms with E-state index in [0.29, 0.717) is 0 Å². The van der Waals surface area contributed by atoms with Crippen LogP contribution in [-0.2, 0) is 0 Å². The molecule has 0 spiro atoms. The number of hydrazone groups is 1. The zero-order chi connectivity index (χ0) is 6.41. The average molecular weight is 114 g/mol. The van der Waals surface area contributed by atoms with Gasteiger partial charge in [0.2, 0.25) is 0 Å². The minimum absolute atomic E-state index is 1.00. The molecular formula is C6H14N2. The Morgan fingerprint density at radius 2 is 1.88 bits per heavy atom. The van der Waals surface area contributed by atoms with Gasteiger partial charge in [-0.15, -0.1) is 0 Å². The van der Waals surface area contributed by atoms with Crippen molar-refractivity contribution in [3.8, 4) is 0 Å². The Morgan fingerprint density at radius 1 is 1.38 bits per heavy atom. The van der Waals surface area contributed by atoms with Crippen molar-refractivity contribution in [2.45, 2.75) is 20.8 Å². The van der Waals surface area contributed by atoms with Crippen molar-refractivity contribution in [1.82, 2.24) is 5.01 Å². The lowest BCUT2D eigenvalue weighted by molar-refractivity contribution is 0.323. The first kappa shape index (κ1) is 7.47. The van der Waals surface area contributed by atoms with E-state index in [0.717, 1.165) is 13.1 Å². The van der Waals surface area contributed by atoms with Gasteiger partial charge in [-0.25, -0.2) is 0 Å². The number of rotatable bonds is 3. The molecule has 0 aromatic carbocycles. The van der Waals surface area contributed by atoms with E-state index in [4.69, 9.17) is 0 Å². The van der Waals surface area contributed by atoms with Crippen LogP contribution in [0.25, 0.3) is 0 Å². The summed E-state index contributed by atoms with van der Waals surface area (Å²) < 4.78 is 0. The zero-order valence-corrected chi connectivity index (χ0v) is 5.89. The molecule has 0 atom stereocenters. The van der Waals surface area contributed by atoms with Gasteiger partial charge in [-0.05, 0) is 20.8 Å². The number of nitrogens with zero attached hydrogens (tertiary/aromatic N) is 2. The first-order chi connectivity index (χ1) is 3.85. The highest BCUT2D eigenvalue weighted by molar-refractivity contribution is 5.52. The molecule has 0 N–H and O–H groups in total.